The number of sulfonamides is 1. The molecule has 0 saturated carbocycles. The molecule has 0 saturated heterocycles. The van der Waals surface area contributed by atoms with Crippen molar-refractivity contribution in [3.63, 3.8) is 0 Å². The lowest BCUT2D eigenvalue weighted by Crippen LogP contribution is -2.25. The van der Waals surface area contributed by atoms with Crippen LogP contribution in [0, 0.1) is 0 Å². The monoisotopic (exact) mass is 396 g/mol. The highest BCUT2D eigenvalue weighted by Crippen LogP contribution is 2.35. The van der Waals surface area contributed by atoms with Gasteiger partial charge in [0.2, 0.25) is 6.79 Å². The number of carboxylic acids is 1. The fraction of sp³-hybridized carbons (Fsp3) is 0.312. The predicted molar refractivity (Wildman–Crippen MR) is 93.3 cm³/mol. The molecule has 0 unspecified atom stereocenters. The number of fused-ring (bicyclic) bond motifs is 2. The Labute approximate surface area is 153 Å². The second kappa shape index (κ2) is 6.54. The van der Waals surface area contributed by atoms with Crippen LogP contribution in [0.25, 0.3) is 0 Å². The Hall–Kier alpha value is -2.14. The molecule has 0 bridgehead atoms. The van der Waals surface area contributed by atoms with Crippen LogP contribution in [0.4, 0.5) is 0 Å². The van der Waals surface area contributed by atoms with E-state index in [1.54, 1.807) is 18.2 Å². The van der Waals surface area contributed by atoms with E-state index in [1.165, 1.54) is 0 Å². The predicted octanol–water partition coefficient (Wildman–Crippen LogP) is 1.30. The summed E-state index contributed by atoms with van der Waals surface area (Å²) < 4.78 is 38.3. The smallest absolute Gasteiger partial charge is 0.338 e. The highest BCUT2D eigenvalue weighted by atomic mass is 32.2. The lowest BCUT2D eigenvalue weighted by atomic mass is 10.1. The Kier molecular flexibility index (Phi) is 4.35. The average Bonchev–Trinajstić information content (AvgIpc) is 3.24. The molecule has 2 aliphatic rings. The largest absolute Gasteiger partial charge is 0.478 e. The van der Waals surface area contributed by atoms with E-state index >= 15 is 0 Å². The summed E-state index contributed by atoms with van der Waals surface area (Å²) in [5, 5.41) is 12.7. The van der Waals surface area contributed by atoms with Crippen LogP contribution in [0.15, 0.2) is 22.4 Å². The van der Waals surface area contributed by atoms with E-state index in [2.05, 4.69) is 10.0 Å². The summed E-state index contributed by atoms with van der Waals surface area (Å²) in [5.41, 5.74) is 1.20. The molecular weight excluding hydrogens is 380 g/mol. The zero-order valence-electron chi connectivity index (χ0n) is 13.6. The van der Waals surface area contributed by atoms with Gasteiger partial charge >= 0.3 is 5.97 Å². The van der Waals surface area contributed by atoms with Gasteiger partial charge in [0.25, 0.3) is 10.0 Å². The Bertz CT molecular complexity index is 983. The summed E-state index contributed by atoms with van der Waals surface area (Å²) in [5.74, 6) is -0.0401. The zero-order valence-corrected chi connectivity index (χ0v) is 15.2. The van der Waals surface area contributed by atoms with Crippen molar-refractivity contribution >= 4 is 27.3 Å². The van der Waals surface area contributed by atoms with Gasteiger partial charge in [-0.05, 0) is 36.2 Å². The van der Waals surface area contributed by atoms with Crippen LogP contribution in [-0.2, 0) is 29.5 Å². The standard InChI is InChI=1S/C16H16N2O6S2/c19-15(20)14-10-3-4-17-7-13(10)25-16(14)26(21,22)18-6-9-1-2-11-12(5-9)24-8-23-11/h1-2,5,17-18H,3-4,6-8H2,(H,19,20). The third-order valence-corrected chi connectivity index (χ3v) is 7.41. The normalized spacial score (nSPS) is 15.7. The molecule has 138 valence electrons. The number of hydrogen-bond donors (Lipinski definition) is 3. The van der Waals surface area contributed by atoms with Crippen molar-refractivity contribution in [1.29, 1.82) is 0 Å². The number of carboxylic acid groups (broad SMARTS) is 1. The number of rotatable bonds is 5. The van der Waals surface area contributed by atoms with E-state index < -0.39 is 16.0 Å². The highest BCUT2D eigenvalue weighted by molar-refractivity contribution is 7.91. The number of nitrogens with one attached hydrogen (secondary N) is 2. The molecular formula is C16H16N2O6S2. The van der Waals surface area contributed by atoms with Crippen molar-refractivity contribution in [1.82, 2.24) is 10.0 Å². The second-order valence-corrected chi connectivity index (χ2v) is 8.98. The van der Waals surface area contributed by atoms with Crippen LogP contribution in [0.3, 0.4) is 0 Å². The molecule has 3 N–H and O–H groups in total. The molecule has 26 heavy (non-hydrogen) atoms. The van der Waals surface area contributed by atoms with Gasteiger partial charge in [-0.15, -0.1) is 11.3 Å². The molecule has 0 amide bonds. The van der Waals surface area contributed by atoms with Crippen molar-refractivity contribution < 1.29 is 27.8 Å². The second-order valence-electron chi connectivity index (χ2n) is 5.91. The number of ether oxygens (including phenoxy) is 2. The van der Waals surface area contributed by atoms with E-state index in [1.807, 2.05) is 0 Å². The number of carbonyl (C=O) groups is 1. The molecule has 0 aliphatic carbocycles. The van der Waals surface area contributed by atoms with E-state index in [0.29, 0.717) is 42.1 Å². The number of aromatic carboxylic acids is 1. The molecule has 0 atom stereocenters. The third-order valence-electron chi connectivity index (χ3n) is 4.26. The lowest BCUT2D eigenvalue weighted by molar-refractivity contribution is 0.0692. The van der Waals surface area contributed by atoms with Gasteiger partial charge in [-0.3, -0.25) is 0 Å². The number of thiophene rings is 1. The molecule has 2 aliphatic heterocycles. The van der Waals surface area contributed by atoms with Gasteiger partial charge in [-0.1, -0.05) is 6.07 Å². The minimum Gasteiger partial charge on any atom is -0.478 e. The molecule has 0 spiro atoms. The molecule has 0 radical (unpaired) electrons. The van der Waals surface area contributed by atoms with Crippen LogP contribution in [0.1, 0.15) is 26.4 Å². The number of benzene rings is 1. The van der Waals surface area contributed by atoms with Gasteiger partial charge < -0.3 is 19.9 Å². The molecule has 0 fully saturated rings. The van der Waals surface area contributed by atoms with E-state index in [9.17, 15) is 18.3 Å². The number of hydrogen-bond acceptors (Lipinski definition) is 7. The maximum Gasteiger partial charge on any atom is 0.338 e. The molecule has 1 aromatic heterocycles. The highest BCUT2D eigenvalue weighted by Gasteiger charge is 2.31. The summed E-state index contributed by atoms with van der Waals surface area (Å²) in [7, 11) is -3.95. The van der Waals surface area contributed by atoms with Crippen LogP contribution in [0.2, 0.25) is 0 Å². The summed E-state index contributed by atoms with van der Waals surface area (Å²) in [6.07, 6.45) is 0.505. The van der Waals surface area contributed by atoms with Crippen LogP contribution in [-0.4, -0.2) is 32.8 Å². The maximum absolute atomic E-state index is 12.7. The van der Waals surface area contributed by atoms with E-state index in [4.69, 9.17) is 9.47 Å². The summed E-state index contributed by atoms with van der Waals surface area (Å²) in [4.78, 5) is 12.4. The van der Waals surface area contributed by atoms with Crippen LogP contribution >= 0.6 is 11.3 Å². The fourth-order valence-electron chi connectivity index (χ4n) is 3.01. The van der Waals surface area contributed by atoms with Crippen molar-refractivity contribution in [2.24, 2.45) is 0 Å². The Balaban J connectivity index is 1.61. The summed E-state index contributed by atoms with van der Waals surface area (Å²) in [6.45, 7) is 1.28. The molecule has 1 aromatic carbocycles. The van der Waals surface area contributed by atoms with Crippen molar-refractivity contribution in [2.75, 3.05) is 13.3 Å². The third kappa shape index (κ3) is 3.05. The Morgan fingerprint density at radius 3 is 2.92 bits per heavy atom. The Morgan fingerprint density at radius 1 is 1.31 bits per heavy atom. The first-order chi connectivity index (χ1) is 12.5. The average molecular weight is 396 g/mol. The van der Waals surface area contributed by atoms with E-state index in [-0.39, 0.29) is 23.1 Å². The first kappa shape index (κ1) is 17.3. The van der Waals surface area contributed by atoms with E-state index in [0.717, 1.165) is 16.2 Å². The first-order valence-electron chi connectivity index (χ1n) is 7.92. The van der Waals surface area contributed by atoms with Gasteiger partial charge in [0, 0.05) is 18.0 Å². The minimum atomic E-state index is -3.95. The fourth-order valence-corrected chi connectivity index (χ4v) is 5.93. The van der Waals surface area contributed by atoms with Crippen molar-refractivity contribution in [3.8, 4) is 11.5 Å². The van der Waals surface area contributed by atoms with Gasteiger partial charge in [-0.25, -0.2) is 17.9 Å². The van der Waals surface area contributed by atoms with Gasteiger partial charge in [0.15, 0.2) is 11.5 Å². The molecule has 4 rings (SSSR count). The molecule has 3 heterocycles. The molecule has 10 heteroatoms. The SMILES string of the molecule is O=C(O)c1c(S(=O)(=O)NCc2ccc3c(c2)OCO3)sc2c1CCNC2. The quantitative estimate of drug-likeness (QED) is 0.698. The summed E-state index contributed by atoms with van der Waals surface area (Å²) in [6, 6.07) is 5.15. The van der Waals surface area contributed by atoms with Gasteiger partial charge in [0.05, 0.1) is 5.56 Å². The topological polar surface area (TPSA) is 114 Å². The first-order valence-corrected chi connectivity index (χ1v) is 10.2. The van der Waals surface area contributed by atoms with Crippen LogP contribution in [0.5, 0.6) is 11.5 Å². The molecule has 2 aromatic rings. The van der Waals surface area contributed by atoms with Crippen molar-refractivity contribution in [3.05, 3.63) is 39.8 Å². The maximum atomic E-state index is 12.7. The van der Waals surface area contributed by atoms with Gasteiger partial charge in [0.1, 0.15) is 4.21 Å². The lowest BCUT2D eigenvalue weighted by Gasteiger charge is -2.12. The zero-order chi connectivity index (χ0) is 18.3. The Morgan fingerprint density at radius 2 is 2.12 bits per heavy atom. The van der Waals surface area contributed by atoms with Gasteiger partial charge in [-0.2, -0.15) is 0 Å². The van der Waals surface area contributed by atoms with Crippen molar-refractivity contribution in [2.45, 2.75) is 23.7 Å². The molecule has 8 nitrogen and oxygen atoms in total. The summed E-state index contributed by atoms with van der Waals surface area (Å²) >= 11 is 1.01. The minimum absolute atomic E-state index is 0.0266. The van der Waals surface area contributed by atoms with Crippen LogP contribution < -0.4 is 19.5 Å².